The summed E-state index contributed by atoms with van der Waals surface area (Å²) in [6, 6.07) is 26.3. The van der Waals surface area contributed by atoms with Crippen molar-refractivity contribution in [2.75, 3.05) is 0 Å². The van der Waals surface area contributed by atoms with E-state index >= 15 is 0 Å². The van der Waals surface area contributed by atoms with Gasteiger partial charge in [0.15, 0.2) is 0 Å². The van der Waals surface area contributed by atoms with Gasteiger partial charge in [-0.3, -0.25) is 4.79 Å². The molecule has 196 valence electrons. The molecule has 0 radical (unpaired) electrons. The third-order valence-electron chi connectivity index (χ3n) is 7.19. The van der Waals surface area contributed by atoms with Gasteiger partial charge in [0.2, 0.25) is 0 Å². The zero-order valence-corrected chi connectivity index (χ0v) is 23.5. The predicted octanol–water partition coefficient (Wildman–Crippen LogP) is 7.32. The van der Waals surface area contributed by atoms with Crippen LogP contribution in [0.15, 0.2) is 89.5 Å². The van der Waals surface area contributed by atoms with E-state index in [2.05, 4.69) is 44.6 Å². The molecule has 0 saturated heterocycles. The van der Waals surface area contributed by atoms with Crippen molar-refractivity contribution in [3.63, 3.8) is 0 Å². The molecule has 1 amide bonds. The molecule has 0 aliphatic heterocycles. The van der Waals surface area contributed by atoms with E-state index in [9.17, 15) is 14.7 Å². The maximum Gasteiger partial charge on any atom is 0.336 e. The molecule has 5 rings (SSSR count). The van der Waals surface area contributed by atoms with Crippen LogP contribution < -0.4 is 5.32 Å². The van der Waals surface area contributed by atoms with Crippen LogP contribution in [0.1, 0.15) is 56.2 Å². The summed E-state index contributed by atoms with van der Waals surface area (Å²) in [4.78, 5) is 29.1. The first kappa shape index (κ1) is 26.4. The van der Waals surface area contributed by atoms with E-state index in [4.69, 9.17) is 0 Å². The van der Waals surface area contributed by atoms with Crippen LogP contribution in [0.2, 0.25) is 0 Å². The van der Waals surface area contributed by atoms with Crippen LogP contribution >= 0.6 is 15.9 Å². The van der Waals surface area contributed by atoms with Gasteiger partial charge in [0.1, 0.15) is 4.60 Å². The van der Waals surface area contributed by atoms with Crippen molar-refractivity contribution in [3.05, 3.63) is 123 Å². The second kappa shape index (κ2) is 10.9. The number of carbonyl (C=O) groups excluding carboxylic acids is 1. The van der Waals surface area contributed by atoms with E-state index in [-0.39, 0.29) is 17.5 Å². The highest BCUT2D eigenvalue weighted by molar-refractivity contribution is 9.10. The Morgan fingerprint density at radius 1 is 0.974 bits per heavy atom. The minimum atomic E-state index is -0.938. The van der Waals surface area contributed by atoms with Crippen LogP contribution in [0, 0.1) is 13.8 Å². The van der Waals surface area contributed by atoms with E-state index in [1.165, 1.54) is 0 Å². The van der Waals surface area contributed by atoms with E-state index in [0.717, 1.165) is 43.6 Å². The van der Waals surface area contributed by atoms with Gasteiger partial charge in [-0.1, -0.05) is 48.5 Å². The number of nitrogens with zero attached hydrogens (tertiary/aromatic N) is 2. The smallest absolute Gasteiger partial charge is 0.336 e. The van der Waals surface area contributed by atoms with Crippen LogP contribution in [-0.4, -0.2) is 26.5 Å². The predicted molar refractivity (Wildman–Crippen MR) is 157 cm³/mol. The summed E-state index contributed by atoms with van der Waals surface area (Å²) in [6.45, 7) is 6.75. The molecule has 0 saturated carbocycles. The first-order valence-corrected chi connectivity index (χ1v) is 13.5. The third-order valence-corrected chi connectivity index (χ3v) is 7.63. The van der Waals surface area contributed by atoms with E-state index in [1.807, 2.05) is 79.7 Å². The lowest BCUT2D eigenvalue weighted by atomic mass is 9.99. The number of carboxylic acids is 1. The number of nitrogens with one attached hydrogen (secondary N) is 1. The molecule has 1 unspecified atom stereocenters. The summed E-state index contributed by atoms with van der Waals surface area (Å²) < 4.78 is 2.98. The first-order chi connectivity index (χ1) is 18.7. The van der Waals surface area contributed by atoms with E-state index in [0.29, 0.717) is 17.7 Å². The lowest BCUT2D eigenvalue weighted by molar-refractivity contribution is 0.0697. The normalized spacial score (nSPS) is 11.9. The van der Waals surface area contributed by atoms with Crippen molar-refractivity contribution in [2.24, 2.45) is 0 Å². The van der Waals surface area contributed by atoms with Crippen molar-refractivity contribution >= 4 is 38.7 Å². The summed E-state index contributed by atoms with van der Waals surface area (Å²) in [7, 11) is 0. The maximum absolute atomic E-state index is 13.1. The largest absolute Gasteiger partial charge is 0.478 e. The van der Waals surface area contributed by atoms with Crippen LogP contribution in [0.25, 0.3) is 22.0 Å². The lowest BCUT2D eigenvalue weighted by Gasteiger charge is -2.14. The highest BCUT2D eigenvalue weighted by Gasteiger charge is 2.17. The van der Waals surface area contributed by atoms with Crippen LogP contribution in [0.4, 0.5) is 0 Å². The van der Waals surface area contributed by atoms with Gasteiger partial charge in [0, 0.05) is 28.7 Å². The van der Waals surface area contributed by atoms with Gasteiger partial charge in [-0.05, 0) is 95.4 Å². The minimum Gasteiger partial charge on any atom is -0.478 e. The second-order valence-corrected chi connectivity index (χ2v) is 10.5. The van der Waals surface area contributed by atoms with Crippen LogP contribution in [-0.2, 0) is 6.54 Å². The van der Waals surface area contributed by atoms with Crippen molar-refractivity contribution in [1.29, 1.82) is 0 Å². The Bertz CT molecular complexity index is 1710. The second-order valence-electron chi connectivity index (χ2n) is 9.66. The Kier molecular flexibility index (Phi) is 7.35. The summed E-state index contributed by atoms with van der Waals surface area (Å²) >= 11 is 3.38. The van der Waals surface area contributed by atoms with Crippen molar-refractivity contribution in [3.8, 4) is 11.1 Å². The molecule has 39 heavy (non-hydrogen) atoms. The number of amides is 1. The van der Waals surface area contributed by atoms with Gasteiger partial charge in [0.25, 0.3) is 5.91 Å². The molecule has 2 heterocycles. The Hall–Kier alpha value is -4.23. The number of aryl methyl sites for hydroxylation is 1. The molecule has 6 nitrogen and oxygen atoms in total. The van der Waals surface area contributed by atoms with E-state index in [1.54, 1.807) is 12.1 Å². The lowest BCUT2D eigenvalue weighted by Crippen LogP contribution is -2.27. The third kappa shape index (κ3) is 5.36. The summed E-state index contributed by atoms with van der Waals surface area (Å²) in [5.41, 5.74) is 7.67. The van der Waals surface area contributed by atoms with Crippen molar-refractivity contribution in [2.45, 2.75) is 33.4 Å². The number of aromatic carboxylic acids is 1. The zero-order valence-electron chi connectivity index (χ0n) is 21.9. The molecule has 5 aromatic rings. The number of hydrogen-bond acceptors (Lipinski definition) is 3. The maximum atomic E-state index is 13.1. The molecule has 0 fully saturated rings. The molecule has 0 bridgehead atoms. The summed E-state index contributed by atoms with van der Waals surface area (Å²) in [5, 5.41) is 13.6. The highest BCUT2D eigenvalue weighted by atomic mass is 79.9. The first-order valence-electron chi connectivity index (χ1n) is 12.7. The molecule has 2 N–H and O–H groups in total. The number of hydrogen-bond donors (Lipinski definition) is 2. The van der Waals surface area contributed by atoms with Gasteiger partial charge >= 0.3 is 5.97 Å². The van der Waals surface area contributed by atoms with Gasteiger partial charge in [0.05, 0.1) is 17.3 Å². The van der Waals surface area contributed by atoms with Gasteiger partial charge in [-0.25, -0.2) is 9.78 Å². The number of carbonyl (C=O) groups is 2. The monoisotopic (exact) mass is 581 g/mol. The number of rotatable bonds is 7. The van der Waals surface area contributed by atoms with Crippen molar-refractivity contribution in [1.82, 2.24) is 14.9 Å². The molecule has 0 aliphatic rings. The molecule has 2 aromatic heterocycles. The number of benzene rings is 3. The Morgan fingerprint density at radius 3 is 2.44 bits per heavy atom. The number of carboxylic acid groups (broad SMARTS) is 1. The molecule has 7 heteroatoms. The van der Waals surface area contributed by atoms with Crippen LogP contribution in [0.3, 0.4) is 0 Å². The highest BCUT2D eigenvalue weighted by Crippen LogP contribution is 2.29. The molecule has 3 aromatic carbocycles. The quantitative estimate of drug-likeness (QED) is 0.197. The van der Waals surface area contributed by atoms with Gasteiger partial charge in [-0.2, -0.15) is 0 Å². The SMILES string of the molecule is Cc1c(C)n(Cc2ccc(-c3ccccc3C(=O)O)cc2)c2ccc(C(=O)NC(C)c3cccc(Br)n3)cc12. The number of pyridine rings is 1. The topological polar surface area (TPSA) is 84.2 Å². The Balaban J connectivity index is 1.39. The minimum absolute atomic E-state index is 0.145. The van der Waals surface area contributed by atoms with E-state index < -0.39 is 5.97 Å². The molecule has 0 aliphatic carbocycles. The zero-order chi connectivity index (χ0) is 27.7. The Morgan fingerprint density at radius 2 is 1.72 bits per heavy atom. The van der Waals surface area contributed by atoms with Gasteiger partial charge < -0.3 is 15.0 Å². The number of fused-ring (bicyclic) bond motifs is 1. The summed E-state index contributed by atoms with van der Waals surface area (Å²) in [5.74, 6) is -1.08. The standard InChI is InChI=1S/C32H28BrN3O3/c1-19-21(3)36(18-22-11-13-23(14-12-22)25-7-4-5-8-26(25)32(38)39)29-16-15-24(17-27(19)29)31(37)34-20(2)28-9-6-10-30(33)35-28/h4-17,20H,18H2,1-3H3,(H,34,37)(H,38,39). The molecule has 0 spiro atoms. The van der Waals surface area contributed by atoms with Crippen molar-refractivity contribution < 1.29 is 14.7 Å². The molecular formula is C32H28BrN3O3. The number of aromatic nitrogens is 2. The molecular weight excluding hydrogens is 554 g/mol. The van der Waals surface area contributed by atoms with Crippen LogP contribution in [0.5, 0.6) is 0 Å². The fraction of sp³-hybridized carbons (Fsp3) is 0.156. The van der Waals surface area contributed by atoms with Gasteiger partial charge in [-0.15, -0.1) is 0 Å². The Labute approximate surface area is 235 Å². The fourth-order valence-corrected chi connectivity index (χ4v) is 5.26. The number of halogens is 1. The fourth-order valence-electron chi connectivity index (χ4n) is 4.91. The average molecular weight is 582 g/mol. The summed E-state index contributed by atoms with van der Waals surface area (Å²) in [6.07, 6.45) is 0. The average Bonchev–Trinajstić information content (AvgIpc) is 3.17. The molecule has 1 atom stereocenters.